The molecule has 2 aromatic rings. The first kappa shape index (κ1) is 18.6. The molecule has 3 N–H and O–H groups in total. The zero-order valence-corrected chi connectivity index (χ0v) is 15.3. The summed E-state index contributed by atoms with van der Waals surface area (Å²) in [6.45, 7) is 0. The molecule has 0 heterocycles. The number of hydrogen-bond donors (Lipinski definition) is 3. The number of ketones is 1. The van der Waals surface area contributed by atoms with Crippen molar-refractivity contribution in [3.05, 3.63) is 59.2 Å². The van der Waals surface area contributed by atoms with Gasteiger partial charge in [0.15, 0.2) is 5.78 Å². The van der Waals surface area contributed by atoms with Crippen LogP contribution in [0, 0.1) is 0 Å². The Hall–Kier alpha value is -3.15. The molecule has 3 amide bonds. The van der Waals surface area contributed by atoms with E-state index in [2.05, 4.69) is 16.0 Å². The van der Waals surface area contributed by atoms with Crippen LogP contribution in [0.1, 0.15) is 40.7 Å². The van der Waals surface area contributed by atoms with Crippen LogP contribution in [0.15, 0.2) is 42.5 Å². The van der Waals surface area contributed by atoms with Crippen molar-refractivity contribution >= 4 is 29.1 Å². The molecule has 6 heteroatoms. The molecule has 0 spiro atoms. The molecule has 0 unspecified atom stereocenters. The standard InChI is InChI=1S/C21H23N3O3/c1-22-21(27)24-18-9-7-17(8-10-18)23-20(26)12-11-19(25)16-6-5-14-3-2-4-15(14)13-16/h5-10,13H,2-4,11-12H2,1H3,(H,23,26)(H2,22,24,27). The van der Waals surface area contributed by atoms with Gasteiger partial charge in [0.25, 0.3) is 0 Å². The molecule has 0 saturated heterocycles. The van der Waals surface area contributed by atoms with Crippen molar-refractivity contribution in [1.29, 1.82) is 0 Å². The summed E-state index contributed by atoms with van der Waals surface area (Å²) in [4.78, 5) is 35.7. The van der Waals surface area contributed by atoms with Gasteiger partial charge >= 0.3 is 6.03 Å². The molecule has 0 radical (unpaired) electrons. The average Bonchev–Trinajstić information content (AvgIpc) is 3.15. The summed E-state index contributed by atoms with van der Waals surface area (Å²) < 4.78 is 0. The van der Waals surface area contributed by atoms with Crippen molar-refractivity contribution in [2.75, 3.05) is 17.7 Å². The highest BCUT2D eigenvalue weighted by Gasteiger charge is 2.15. The molecule has 2 aromatic carbocycles. The van der Waals surface area contributed by atoms with Gasteiger partial charge in [-0.2, -0.15) is 0 Å². The molecular formula is C21H23N3O3. The van der Waals surface area contributed by atoms with E-state index in [1.54, 1.807) is 24.3 Å². The molecule has 0 bridgehead atoms. The normalized spacial score (nSPS) is 12.2. The number of urea groups is 1. The molecule has 0 aliphatic heterocycles. The number of aryl methyl sites for hydroxylation is 2. The number of rotatable bonds is 6. The van der Waals surface area contributed by atoms with E-state index in [9.17, 15) is 14.4 Å². The number of anilines is 2. The fraction of sp³-hybridized carbons (Fsp3) is 0.286. The van der Waals surface area contributed by atoms with Gasteiger partial charge in [-0.1, -0.05) is 12.1 Å². The van der Waals surface area contributed by atoms with Crippen molar-refractivity contribution in [3.63, 3.8) is 0 Å². The van der Waals surface area contributed by atoms with Crippen LogP contribution in [0.25, 0.3) is 0 Å². The first-order chi connectivity index (χ1) is 13.0. The number of fused-ring (bicyclic) bond motifs is 1. The van der Waals surface area contributed by atoms with Gasteiger partial charge < -0.3 is 16.0 Å². The van der Waals surface area contributed by atoms with Crippen LogP contribution in [-0.2, 0) is 17.6 Å². The van der Waals surface area contributed by atoms with Gasteiger partial charge in [0.2, 0.25) is 5.91 Å². The zero-order valence-electron chi connectivity index (χ0n) is 15.3. The summed E-state index contributed by atoms with van der Waals surface area (Å²) >= 11 is 0. The van der Waals surface area contributed by atoms with Gasteiger partial charge in [-0.15, -0.1) is 0 Å². The van der Waals surface area contributed by atoms with Crippen LogP contribution in [0.3, 0.4) is 0 Å². The Kier molecular flexibility index (Phi) is 5.86. The maximum atomic E-state index is 12.4. The van der Waals surface area contributed by atoms with Gasteiger partial charge in [0, 0.05) is 36.8 Å². The highest BCUT2D eigenvalue weighted by Crippen LogP contribution is 2.23. The van der Waals surface area contributed by atoms with Gasteiger partial charge in [-0.05, 0) is 60.7 Å². The molecule has 1 aliphatic carbocycles. The lowest BCUT2D eigenvalue weighted by Crippen LogP contribution is -2.24. The van der Waals surface area contributed by atoms with E-state index in [1.165, 1.54) is 18.2 Å². The van der Waals surface area contributed by atoms with E-state index in [0.29, 0.717) is 16.9 Å². The number of carbonyl (C=O) groups is 3. The molecule has 3 rings (SSSR count). The molecule has 0 fully saturated rings. The molecule has 140 valence electrons. The fourth-order valence-electron chi connectivity index (χ4n) is 3.17. The average molecular weight is 365 g/mol. The van der Waals surface area contributed by atoms with E-state index in [4.69, 9.17) is 0 Å². The summed E-state index contributed by atoms with van der Waals surface area (Å²) in [7, 11) is 1.54. The number of hydrogen-bond acceptors (Lipinski definition) is 3. The van der Waals surface area contributed by atoms with Gasteiger partial charge in [0.1, 0.15) is 0 Å². The number of benzene rings is 2. The molecule has 27 heavy (non-hydrogen) atoms. The van der Waals surface area contributed by atoms with Crippen molar-refractivity contribution in [1.82, 2.24) is 5.32 Å². The quantitative estimate of drug-likeness (QED) is 0.685. The fourth-order valence-corrected chi connectivity index (χ4v) is 3.17. The molecule has 0 saturated carbocycles. The van der Waals surface area contributed by atoms with Crippen LogP contribution < -0.4 is 16.0 Å². The maximum Gasteiger partial charge on any atom is 0.318 e. The van der Waals surface area contributed by atoms with Gasteiger partial charge in [-0.25, -0.2) is 4.79 Å². The predicted octanol–water partition coefficient (Wildman–Crippen LogP) is 3.53. The minimum Gasteiger partial charge on any atom is -0.341 e. The third-order valence-electron chi connectivity index (χ3n) is 4.65. The van der Waals surface area contributed by atoms with Crippen LogP contribution in [0.2, 0.25) is 0 Å². The highest BCUT2D eigenvalue weighted by atomic mass is 16.2. The number of Topliss-reactive ketones (excluding diaryl/α,β-unsaturated/α-hetero) is 1. The Morgan fingerprint density at radius 3 is 2.22 bits per heavy atom. The van der Waals surface area contributed by atoms with Crippen LogP contribution in [0.4, 0.5) is 16.2 Å². The monoisotopic (exact) mass is 365 g/mol. The largest absolute Gasteiger partial charge is 0.341 e. The molecule has 1 aliphatic rings. The number of nitrogens with one attached hydrogen (secondary N) is 3. The van der Waals surface area contributed by atoms with Gasteiger partial charge in [0.05, 0.1) is 0 Å². The lowest BCUT2D eigenvalue weighted by atomic mass is 10.0. The van der Waals surface area contributed by atoms with Gasteiger partial charge in [-0.3, -0.25) is 9.59 Å². The van der Waals surface area contributed by atoms with Crippen LogP contribution in [-0.4, -0.2) is 24.8 Å². The predicted molar refractivity (Wildman–Crippen MR) is 105 cm³/mol. The molecule has 0 atom stereocenters. The van der Waals surface area contributed by atoms with Crippen molar-refractivity contribution in [3.8, 4) is 0 Å². The highest BCUT2D eigenvalue weighted by molar-refractivity contribution is 6.00. The third-order valence-corrected chi connectivity index (χ3v) is 4.65. The van der Waals surface area contributed by atoms with Crippen LogP contribution >= 0.6 is 0 Å². The third kappa shape index (κ3) is 4.94. The Balaban J connectivity index is 1.49. The lowest BCUT2D eigenvalue weighted by molar-refractivity contribution is -0.116. The Bertz CT molecular complexity index is 859. The second-order valence-electron chi connectivity index (χ2n) is 6.59. The zero-order chi connectivity index (χ0) is 19.2. The SMILES string of the molecule is CNC(=O)Nc1ccc(NC(=O)CCC(=O)c2ccc3c(c2)CCC3)cc1. The first-order valence-electron chi connectivity index (χ1n) is 9.09. The smallest absolute Gasteiger partial charge is 0.318 e. The minimum absolute atomic E-state index is 0.00928. The maximum absolute atomic E-state index is 12.4. The Labute approximate surface area is 158 Å². The summed E-state index contributed by atoms with van der Waals surface area (Å²) in [5, 5.41) is 7.87. The summed E-state index contributed by atoms with van der Waals surface area (Å²) in [5.74, 6) is -0.221. The summed E-state index contributed by atoms with van der Waals surface area (Å²) in [6.07, 6.45) is 3.58. The van der Waals surface area contributed by atoms with E-state index < -0.39 is 0 Å². The minimum atomic E-state index is -0.308. The number of carbonyl (C=O) groups excluding carboxylic acids is 3. The second kappa shape index (κ2) is 8.49. The molecular weight excluding hydrogens is 342 g/mol. The topological polar surface area (TPSA) is 87.3 Å². The summed E-state index contributed by atoms with van der Waals surface area (Å²) in [6, 6.07) is 12.3. The van der Waals surface area contributed by atoms with E-state index in [0.717, 1.165) is 19.3 Å². The number of amides is 3. The summed E-state index contributed by atoms with van der Waals surface area (Å²) in [5.41, 5.74) is 4.52. The Morgan fingerprint density at radius 1 is 0.852 bits per heavy atom. The van der Waals surface area contributed by atoms with E-state index in [-0.39, 0.29) is 30.6 Å². The van der Waals surface area contributed by atoms with Crippen molar-refractivity contribution in [2.45, 2.75) is 32.1 Å². The van der Waals surface area contributed by atoms with E-state index >= 15 is 0 Å². The van der Waals surface area contributed by atoms with Crippen molar-refractivity contribution < 1.29 is 14.4 Å². The van der Waals surface area contributed by atoms with Crippen LogP contribution in [0.5, 0.6) is 0 Å². The van der Waals surface area contributed by atoms with E-state index in [1.807, 2.05) is 18.2 Å². The van der Waals surface area contributed by atoms with Crippen molar-refractivity contribution in [2.24, 2.45) is 0 Å². The Morgan fingerprint density at radius 2 is 1.52 bits per heavy atom. The molecule has 6 nitrogen and oxygen atoms in total. The second-order valence-corrected chi connectivity index (χ2v) is 6.59. The lowest BCUT2D eigenvalue weighted by Gasteiger charge is -2.08. The first-order valence-corrected chi connectivity index (χ1v) is 9.09. The molecule has 0 aromatic heterocycles.